The Hall–Kier alpha value is -2.82. The van der Waals surface area contributed by atoms with E-state index in [1.54, 1.807) is 6.20 Å². The van der Waals surface area contributed by atoms with E-state index in [1.165, 1.54) is 0 Å². The SMILES string of the molecule is COC([NH-])=O.COC([NH-])=O.O=[C-]Pc1ncc(Cc2ccc3nc([C@@H]4[C@@H]5CC[C@H](C5)N4[C-]=O)[nH]c3c2)[nH]1.[V+2].[V+2]. The second-order valence-electron chi connectivity index (χ2n) is 8.29. The third kappa shape index (κ3) is 9.12. The van der Waals surface area contributed by atoms with E-state index >= 15 is 0 Å². The molecule has 1 aliphatic carbocycles. The van der Waals surface area contributed by atoms with E-state index in [4.69, 9.17) is 16.5 Å². The van der Waals surface area contributed by atoms with Crippen LogP contribution in [0.5, 0.6) is 0 Å². The number of fused-ring (bicyclic) bond motifs is 3. The van der Waals surface area contributed by atoms with Crippen LogP contribution in [-0.2, 0) is 62.6 Å². The summed E-state index contributed by atoms with van der Waals surface area (Å²) in [4.78, 5) is 57.8. The zero-order chi connectivity index (χ0) is 26.9. The van der Waals surface area contributed by atoms with Gasteiger partial charge in [0.1, 0.15) is 5.82 Å². The Balaban J connectivity index is 0.000000550. The van der Waals surface area contributed by atoms with Crippen LogP contribution in [0.25, 0.3) is 22.5 Å². The van der Waals surface area contributed by atoms with Gasteiger partial charge in [0, 0.05) is 24.4 Å². The zero-order valence-corrected chi connectivity index (χ0v) is 24.8. The van der Waals surface area contributed by atoms with Crippen LogP contribution in [0.1, 0.15) is 42.4 Å². The zero-order valence-electron chi connectivity index (χ0n) is 21.1. The molecule has 1 aromatic carbocycles. The molecule has 1 saturated carbocycles. The second kappa shape index (κ2) is 16.3. The summed E-state index contributed by atoms with van der Waals surface area (Å²) in [6.07, 6.45) is 5.88. The normalized spacial score (nSPS) is 18.6. The quantitative estimate of drug-likeness (QED) is 0.306. The van der Waals surface area contributed by atoms with Gasteiger partial charge in [0.25, 0.3) is 0 Å². The summed E-state index contributed by atoms with van der Waals surface area (Å²) in [7, 11) is 2.26. The molecule has 2 bridgehead atoms. The number of imidazole rings is 2. The maximum atomic E-state index is 11.4. The number of hydrogen-bond donors (Lipinski definition) is 2. The first kappa shape index (κ1) is 34.2. The molecule has 16 heteroatoms. The predicted octanol–water partition coefficient (Wildman–Crippen LogP) is 3.45. The summed E-state index contributed by atoms with van der Waals surface area (Å²) in [5.41, 5.74) is 16.6. The molecule has 1 aliphatic heterocycles. The maximum Gasteiger partial charge on any atom is 2.00 e. The van der Waals surface area contributed by atoms with E-state index < -0.39 is 12.2 Å². The molecule has 2 aromatic heterocycles. The third-order valence-electron chi connectivity index (χ3n) is 6.10. The topological polar surface area (TPSA) is 195 Å². The van der Waals surface area contributed by atoms with E-state index in [1.807, 2.05) is 23.1 Å². The van der Waals surface area contributed by atoms with Crippen molar-refractivity contribution in [2.75, 3.05) is 14.2 Å². The van der Waals surface area contributed by atoms with E-state index in [2.05, 4.69) is 36.9 Å². The van der Waals surface area contributed by atoms with Gasteiger partial charge < -0.3 is 45.4 Å². The molecule has 1 saturated heterocycles. The van der Waals surface area contributed by atoms with Crippen LogP contribution in [0, 0.1) is 5.92 Å². The van der Waals surface area contributed by atoms with Crippen molar-refractivity contribution >= 4 is 49.8 Å². The number of methoxy groups -OCH3 is 2. The van der Waals surface area contributed by atoms with Crippen molar-refractivity contribution in [3.63, 3.8) is 0 Å². The molecule has 13 nitrogen and oxygen atoms in total. The number of benzene rings is 1. The summed E-state index contributed by atoms with van der Waals surface area (Å²) in [6.45, 7) is 0. The fraction of sp³-hybridized carbons (Fsp3) is 0.391. The van der Waals surface area contributed by atoms with Crippen molar-refractivity contribution in [1.82, 2.24) is 24.8 Å². The van der Waals surface area contributed by atoms with Crippen LogP contribution in [0.2, 0.25) is 0 Å². The summed E-state index contributed by atoms with van der Waals surface area (Å²) in [6, 6.07) is 8.35. The van der Waals surface area contributed by atoms with E-state index in [0.717, 1.165) is 61.6 Å². The van der Waals surface area contributed by atoms with Gasteiger partial charge in [0.05, 0.1) is 36.9 Å². The van der Waals surface area contributed by atoms with Gasteiger partial charge in [0.15, 0.2) is 0 Å². The Bertz CT molecular complexity index is 1240. The van der Waals surface area contributed by atoms with Gasteiger partial charge in [-0.05, 0) is 42.9 Å². The van der Waals surface area contributed by atoms with Crippen LogP contribution in [-0.4, -0.2) is 69.7 Å². The summed E-state index contributed by atoms with van der Waals surface area (Å²) < 4.78 is 7.56. The molecule has 3 heterocycles. The fourth-order valence-corrected chi connectivity index (χ4v) is 5.03. The molecule has 2 aliphatic rings. The number of H-pyrrole nitrogens is 2. The number of nitrogens with zero attached hydrogens (tertiary/aromatic N) is 3. The third-order valence-corrected chi connectivity index (χ3v) is 6.69. The van der Waals surface area contributed by atoms with Gasteiger partial charge in [-0.3, -0.25) is 9.59 Å². The minimum atomic E-state index is -0.995. The number of nitrogens with one attached hydrogen (secondary N) is 4. The Labute approximate surface area is 250 Å². The van der Waals surface area contributed by atoms with Crippen molar-refractivity contribution in [2.24, 2.45) is 5.92 Å². The van der Waals surface area contributed by atoms with Gasteiger partial charge in [-0.15, -0.1) is 0 Å². The largest absolute Gasteiger partial charge is 2.00 e. The summed E-state index contributed by atoms with van der Waals surface area (Å²) >= 11 is 0. The van der Waals surface area contributed by atoms with Crippen LogP contribution in [0.3, 0.4) is 0 Å². The first-order valence-corrected chi connectivity index (χ1v) is 12.2. The number of carbonyl (C=O) groups is 2. The van der Waals surface area contributed by atoms with Crippen molar-refractivity contribution in [1.29, 1.82) is 0 Å². The van der Waals surface area contributed by atoms with Crippen molar-refractivity contribution in [3.05, 3.63) is 52.9 Å². The second-order valence-corrected chi connectivity index (χ2v) is 9.22. The fourth-order valence-electron chi connectivity index (χ4n) is 4.58. The molecule has 0 spiro atoms. The number of ether oxygens (including phenoxy) is 2. The van der Waals surface area contributed by atoms with Crippen LogP contribution in [0.15, 0.2) is 24.4 Å². The minimum Gasteiger partial charge on any atom is -0.632 e. The number of piperidine rings is 1. The number of aromatic amines is 2. The van der Waals surface area contributed by atoms with E-state index in [-0.39, 0.29) is 51.7 Å². The molecular weight excluding hydrogens is 603 g/mol. The van der Waals surface area contributed by atoms with Gasteiger partial charge in [-0.1, -0.05) is 6.07 Å². The molecule has 5 rings (SSSR count). The van der Waals surface area contributed by atoms with Gasteiger partial charge in [-0.2, -0.15) is 15.0 Å². The monoisotopic (exact) mass is 629 g/mol. The summed E-state index contributed by atoms with van der Waals surface area (Å²) in [5, 5.41) is 0. The molecule has 39 heavy (non-hydrogen) atoms. The van der Waals surface area contributed by atoms with Crippen LogP contribution < -0.4 is 5.57 Å². The molecular formula is C23H26N7O6PV2. The molecule has 2 radical (unpaired) electrons. The Morgan fingerprint density at radius 3 is 2.38 bits per heavy atom. The standard InChI is InChI=1S/C19H18N5O2P.2C2H5NO2.2V/c25-9-24-14-3-2-12(7-14)17(24)18-22-15-4-1-11(6-16(15)23-18)5-13-8-20-19(21-13)27-10-26;2*1-5-2(3)4;;/h1,4,6,8,12,14,17,27H,2-3,5,7H2,(H,20,21)(H,22,23);2*1H3,(H2,3,4);;/q-2;;;2*+2/p-2/t12-,14-,17+;;;;/m1..../s1. The average Bonchev–Trinajstić information content (AvgIpc) is 3.68. The van der Waals surface area contributed by atoms with Crippen molar-refractivity contribution in [3.8, 4) is 0 Å². The summed E-state index contributed by atoms with van der Waals surface area (Å²) in [5.74, 6) is 1.35. The number of aromatic nitrogens is 4. The van der Waals surface area contributed by atoms with Crippen molar-refractivity contribution < 1.29 is 65.8 Å². The minimum absolute atomic E-state index is 0. The number of carbonyl (C=O) groups excluding carboxylic acids is 4. The molecule has 4 atom stereocenters. The Morgan fingerprint density at radius 2 is 1.79 bits per heavy atom. The Morgan fingerprint density at radius 1 is 1.13 bits per heavy atom. The van der Waals surface area contributed by atoms with Crippen LogP contribution >= 0.6 is 8.58 Å². The maximum absolute atomic E-state index is 11.4. The van der Waals surface area contributed by atoms with E-state index in [0.29, 0.717) is 23.9 Å². The first-order chi connectivity index (χ1) is 17.8. The number of likely N-dealkylation sites (tertiary alicyclic amines) is 1. The van der Waals surface area contributed by atoms with Gasteiger partial charge in [0.2, 0.25) is 12.2 Å². The first-order valence-electron chi connectivity index (χ1n) is 11.2. The molecule has 3 aromatic rings. The molecule has 2 fully saturated rings. The number of rotatable bonds is 6. The number of amides is 3. The Kier molecular flexibility index (Phi) is 14.3. The van der Waals surface area contributed by atoms with Gasteiger partial charge in [-0.25, -0.2) is 16.0 Å². The van der Waals surface area contributed by atoms with E-state index in [9.17, 15) is 19.2 Å². The smallest absolute Gasteiger partial charge is 0.632 e. The molecule has 4 N–H and O–H groups in total. The number of hydrogen-bond acceptors (Lipinski definition) is 8. The van der Waals surface area contributed by atoms with Crippen molar-refractivity contribution in [2.45, 2.75) is 37.8 Å². The molecule has 3 amide bonds. The predicted molar refractivity (Wildman–Crippen MR) is 136 cm³/mol. The molecule has 1 unspecified atom stereocenters. The molecule has 204 valence electrons. The van der Waals surface area contributed by atoms with Crippen LogP contribution in [0.4, 0.5) is 9.59 Å². The average molecular weight is 629 g/mol. The van der Waals surface area contributed by atoms with Gasteiger partial charge >= 0.3 is 37.1 Å².